The Labute approximate surface area is 114 Å². The molecule has 0 unspecified atom stereocenters. The average molecular weight is 258 g/mol. The summed E-state index contributed by atoms with van der Waals surface area (Å²) in [6.45, 7) is 7.01. The van der Waals surface area contributed by atoms with Crippen LogP contribution in [-0.2, 0) is 19.6 Å². The highest BCUT2D eigenvalue weighted by Gasteiger charge is 2.19. The van der Waals surface area contributed by atoms with E-state index in [9.17, 15) is 0 Å². The number of hydrogen-bond donors (Lipinski definition) is 1. The second-order valence-corrected chi connectivity index (χ2v) is 5.44. The smallest absolute Gasteiger partial charge is 0.0639 e. The van der Waals surface area contributed by atoms with Crippen molar-refractivity contribution in [3.63, 3.8) is 0 Å². The summed E-state index contributed by atoms with van der Waals surface area (Å²) in [7, 11) is 0. The van der Waals surface area contributed by atoms with E-state index in [-0.39, 0.29) is 0 Å². The normalized spacial score (nSPS) is 15.1. The number of rotatable bonds is 6. The molecule has 102 valence electrons. The van der Waals surface area contributed by atoms with Crippen molar-refractivity contribution in [2.75, 3.05) is 0 Å². The monoisotopic (exact) mass is 258 g/mol. The molecule has 4 heteroatoms. The van der Waals surface area contributed by atoms with Crippen molar-refractivity contribution < 1.29 is 0 Å². The third-order valence-corrected chi connectivity index (χ3v) is 3.61. The van der Waals surface area contributed by atoms with Gasteiger partial charge in [-0.1, -0.05) is 0 Å². The van der Waals surface area contributed by atoms with Crippen molar-refractivity contribution in [1.82, 2.24) is 19.7 Å². The van der Waals surface area contributed by atoms with E-state index in [0.717, 1.165) is 31.4 Å². The zero-order valence-electron chi connectivity index (χ0n) is 11.8. The van der Waals surface area contributed by atoms with Crippen molar-refractivity contribution >= 4 is 0 Å². The maximum absolute atomic E-state index is 4.49. The Balaban J connectivity index is 1.64. The van der Waals surface area contributed by atoms with Gasteiger partial charge in [-0.3, -0.25) is 4.68 Å². The van der Waals surface area contributed by atoms with Crippen LogP contribution in [0.25, 0.3) is 0 Å². The van der Waals surface area contributed by atoms with Crippen LogP contribution in [0.3, 0.4) is 0 Å². The minimum absolute atomic E-state index is 0.771. The first-order chi connectivity index (χ1) is 9.24. The molecule has 0 atom stereocenters. The SMILES string of the molecule is CCn1nc(C)cc1Cn1ccc(CNC2CC2)c1. The van der Waals surface area contributed by atoms with E-state index < -0.39 is 0 Å². The van der Waals surface area contributed by atoms with Crippen molar-refractivity contribution in [3.8, 4) is 0 Å². The van der Waals surface area contributed by atoms with Gasteiger partial charge in [0, 0.05) is 31.5 Å². The third kappa shape index (κ3) is 3.07. The molecule has 3 rings (SSSR count). The van der Waals surface area contributed by atoms with Gasteiger partial charge < -0.3 is 9.88 Å². The van der Waals surface area contributed by atoms with Crippen LogP contribution in [-0.4, -0.2) is 20.4 Å². The molecule has 0 amide bonds. The van der Waals surface area contributed by atoms with E-state index in [1.165, 1.54) is 24.1 Å². The highest BCUT2D eigenvalue weighted by molar-refractivity contribution is 5.14. The summed E-state index contributed by atoms with van der Waals surface area (Å²) in [5, 5.41) is 8.04. The van der Waals surface area contributed by atoms with Gasteiger partial charge in [0.2, 0.25) is 0 Å². The Hall–Kier alpha value is -1.55. The van der Waals surface area contributed by atoms with Crippen LogP contribution in [0.4, 0.5) is 0 Å². The van der Waals surface area contributed by atoms with Crippen molar-refractivity contribution in [1.29, 1.82) is 0 Å². The summed E-state index contributed by atoms with van der Waals surface area (Å²) in [6.07, 6.45) is 7.08. The van der Waals surface area contributed by atoms with Gasteiger partial charge in [-0.05, 0) is 44.4 Å². The molecule has 0 radical (unpaired) electrons. The lowest BCUT2D eigenvalue weighted by molar-refractivity contribution is 0.597. The average Bonchev–Trinajstić information content (AvgIpc) is 3.02. The maximum atomic E-state index is 4.49. The molecule has 0 bridgehead atoms. The topological polar surface area (TPSA) is 34.8 Å². The van der Waals surface area contributed by atoms with Crippen LogP contribution in [0.5, 0.6) is 0 Å². The summed E-state index contributed by atoms with van der Waals surface area (Å²) in [4.78, 5) is 0. The minimum atomic E-state index is 0.771. The Morgan fingerprint density at radius 3 is 3.00 bits per heavy atom. The first-order valence-corrected chi connectivity index (χ1v) is 7.16. The van der Waals surface area contributed by atoms with Crippen molar-refractivity contribution in [3.05, 3.63) is 41.5 Å². The molecule has 0 aromatic carbocycles. The van der Waals surface area contributed by atoms with Gasteiger partial charge in [-0.25, -0.2) is 0 Å². The summed E-state index contributed by atoms with van der Waals surface area (Å²) < 4.78 is 4.32. The van der Waals surface area contributed by atoms with E-state index in [1.807, 2.05) is 0 Å². The molecule has 1 aliphatic rings. The van der Waals surface area contributed by atoms with Gasteiger partial charge in [0.15, 0.2) is 0 Å². The predicted molar refractivity (Wildman–Crippen MR) is 76.0 cm³/mol. The molecular formula is C15H22N4. The van der Waals surface area contributed by atoms with Gasteiger partial charge in [0.05, 0.1) is 17.9 Å². The fourth-order valence-corrected chi connectivity index (χ4v) is 2.43. The lowest BCUT2D eigenvalue weighted by Gasteiger charge is -2.05. The van der Waals surface area contributed by atoms with Gasteiger partial charge in [0.25, 0.3) is 0 Å². The summed E-state index contributed by atoms with van der Waals surface area (Å²) in [5.74, 6) is 0. The lowest BCUT2D eigenvalue weighted by atomic mass is 10.3. The maximum Gasteiger partial charge on any atom is 0.0639 e. The Bertz CT molecular complexity index is 548. The number of nitrogens with one attached hydrogen (secondary N) is 1. The molecule has 1 aliphatic carbocycles. The number of hydrogen-bond acceptors (Lipinski definition) is 2. The number of aryl methyl sites for hydroxylation is 2. The fourth-order valence-electron chi connectivity index (χ4n) is 2.43. The molecule has 2 heterocycles. The van der Waals surface area contributed by atoms with E-state index in [2.05, 4.69) is 58.0 Å². The van der Waals surface area contributed by atoms with E-state index in [1.54, 1.807) is 0 Å². The molecule has 1 fully saturated rings. The Morgan fingerprint density at radius 1 is 1.42 bits per heavy atom. The van der Waals surface area contributed by atoms with Crippen LogP contribution in [0, 0.1) is 6.92 Å². The summed E-state index contributed by atoms with van der Waals surface area (Å²) in [5.41, 5.74) is 3.74. The summed E-state index contributed by atoms with van der Waals surface area (Å²) >= 11 is 0. The zero-order chi connectivity index (χ0) is 13.2. The molecule has 0 aliphatic heterocycles. The van der Waals surface area contributed by atoms with Crippen LogP contribution < -0.4 is 5.32 Å². The van der Waals surface area contributed by atoms with Crippen molar-refractivity contribution in [2.24, 2.45) is 0 Å². The molecular weight excluding hydrogens is 236 g/mol. The largest absolute Gasteiger partial charge is 0.348 e. The Morgan fingerprint density at radius 2 is 2.26 bits per heavy atom. The van der Waals surface area contributed by atoms with Gasteiger partial charge in [-0.15, -0.1) is 0 Å². The van der Waals surface area contributed by atoms with E-state index >= 15 is 0 Å². The number of aromatic nitrogens is 3. The third-order valence-electron chi connectivity index (χ3n) is 3.61. The summed E-state index contributed by atoms with van der Waals surface area (Å²) in [6, 6.07) is 5.15. The van der Waals surface area contributed by atoms with Crippen LogP contribution in [0.2, 0.25) is 0 Å². The lowest BCUT2D eigenvalue weighted by Crippen LogP contribution is -2.14. The van der Waals surface area contributed by atoms with Gasteiger partial charge in [0.1, 0.15) is 0 Å². The van der Waals surface area contributed by atoms with Crippen LogP contribution in [0.1, 0.15) is 36.7 Å². The molecule has 2 aromatic rings. The number of nitrogens with zero attached hydrogens (tertiary/aromatic N) is 3. The predicted octanol–water partition coefficient (Wildman–Crippen LogP) is 2.31. The quantitative estimate of drug-likeness (QED) is 0.863. The van der Waals surface area contributed by atoms with Crippen LogP contribution >= 0.6 is 0 Å². The highest BCUT2D eigenvalue weighted by Crippen LogP contribution is 2.19. The first-order valence-electron chi connectivity index (χ1n) is 7.16. The minimum Gasteiger partial charge on any atom is -0.348 e. The molecule has 2 aromatic heterocycles. The molecule has 0 saturated heterocycles. The van der Waals surface area contributed by atoms with E-state index in [0.29, 0.717) is 0 Å². The molecule has 0 spiro atoms. The van der Waals surface area contributed by atoms with Gasteiger partial charge >= 0.3 is 0 Å². The Kier molecular flexibility index (Phi) is 3.42. The second-order valence-electron chi connectivity index (χ2n) is 5.44. The highest BCUT2D eigenvalue weighted by atomic mass is 15.3. The molecule has 1 N–H and O–H groups in total. The van der Waals surface area contributed by atoms with Crippen LogP contribution in [0.15, 0.2) is 24.5 Å². The second kappa shape index (κ2) is 5.21. The first kappa shape index (κ1) is 12.5. The molecule has 19 heavy (non-hydrogen) atoms. The molecule has 4 nitrogen and oxygen atoms in total. The van der Waals surface area contributed by atoms with E-state index in [4.69, 9.17) is 0 Å². The zero-order valence-corrected chi connectivity index (χ0v) is 11.8. The standard InChI is InChI=1S/C15H22N4/c1-3-19-15(8-12(2)17-19)11-18-7-6-13(10-18)9-16-14-4-5-14/h6-8,10,14,16H,3-5,9,11H2,1-2H3. The molecule has 1 saturated carbocycles. The van der Waals surface area contributed by atoms with Gasteiger partial charge in [-0.2, -0.15) is 5.10 Å². The fraction of sp³-hybridized carbons (Fsp3) is 0.533. The van der Waals surface area contributed by atoms with Crippen molar-refractivity contribution in [2.45, 2.75) is 52.4 Å².